The average molecular weight is 278 g/mol. The molecule has 1 aromatic heterocycles. The van der Waals surface area contributed by atoms with Gasteiger partial charge in [-0.15, -0.1) is 0 Å². The highest BCUT2D eigenvalue weighted by atomic mass is 16.5. The molecule has 0 spiro atoms. The second kappa shape index (κ2) is 5.34. The number of hydrogen-bond donors (Lipinski definition) is 1. The highest BCUT2D eigenvalue weighted by Gasteiger charge is 2.20. The zero-order chi connectivity index (χ0) is 14.1. The fourth-order valence-electron chi connectivity index (χ4n) is 2.48. The van der Waals surface area contributed by atoms with Crippen LogP contribution >= 0.6 is 0 Å². The highest BCUT2D eigenvalue weighted by molar-refractivity contribution is 5.79. The number of ether oxygens (including phenoxy) is 1. The van der Waals surface area contributed by atoms with Gasteiger partial charge in [0.2, 0.25) is 0 Å². The van der Waals surface area contributed by atoms with Gasteiger partial charge in [-0.05, 0) is 36.5 Å². The number of para-hydroxylation sites is 2. The predicted molar refractivity (Wildman–Crippen MR) is 83.9 cm³/mol. The van der Waals surface area contributed by atoms with Crippen molar-refractivity contribution in [1.82, 2.24) is 9.97 Å². The monoisotopic (exact) mass is 278 g/mol. The Kier molecular flexibility index (Phi) is 3.20. The highest BCUT2D eigenvalue weighted by Crippen LogP contribution is 2.29. The Bertz CT molecular complexity index is 708. The van der Waals surface area contributed by atoms with Crippen LogP contribution in [0.4, 0.5) is 0 Å². The van der Waals surface area contributed by atoms with Gasteiger partial charge in [0.1, 0.15) is 5.82 Å². The largest absolute Gasteiger partial charge is 0.376 e. The maximum atomic E-state index is 5.71. The summed E-state index contributed by atoms with van der Waals surface area (Å²) in [5, 5.41) is 0. The van der Waals surface area contributed by atoms with Crippen LogP contribution in [-0.4, -0.2) is 16.6 Å². The molecule has 1 aliphatic carbocycles. The molecule has 0 bridgehead atoms. The van der Waals surface area contributed by atoms with Gasteiger partial charge in [0.15, 0.2) is 0 Å². The number of aromatic nitrogens is 2. The molecule has 0 aliphatic heterocycles. The zero-order valence-corrected chi connectivity index (χ0v) is 11.9. The number of rotatable bonds is 5. The Labute approximate surface area is 124 Å². The Balaban J connectivity index is 1.49. The second-order valence-electron chi connectivity index (χ2n) is 5.76. The van der Waals surface area contributed by atoms with E-state index in [-0.39, 0.29) is 0 Å². The molecule has 3 heteroatoms. The number of hydrogen-bond acceptors (Lipinski definition) is 2. The summed E-state index contributed by atoms with van der Waals surface area (Å²) in [5.74, 6) is 1.74. The number of aromatic amines is 1. The number of nitrogens with one attached hydrogen (secondary N) is 1. The van der Waals surface area contributed by atoms with Crippen molar-refractivity contribution < 1.29 is 4.74 Å². The molecule has 3 aromatic rings. The molecule has 3 nitrogen and oxygen atoms in total. The van der Waals surface area contributed by atoms with Gasteiger partial charge < -0.3 is 9.72 Å². The SMILES string of the molecule is c1ccc2[nH]c(-c3ccc(COCC4CC4)cc3)nc2c1. The van der Waals surface area contributed by atoms with E-state index in [1.54, 1.807) is 0 Å². The quantitative estimate of drug-likeness (QED) is 0.761. The normalized spacial score (nSPS) is 14.7. The summed E-state index contributed by atoms with van der Waals surface area (Å²) in [6.07, 6.45) is 2.68. The topological polar surface area (TPSA) is 37.9 Å². The molecule has 1 saturated carbocycles. The molecule has 0 saturated heterocycles. The molecule has 4 rings (SSSR count). The summed E-state index contributed by atoms with van der Waals surface area (Å²) in [6, 6.07) is 16.5. The van der Waals surface area contributed by atoms with E-state index in [0.717, 1.165) is 34.9 Å². The maximum Gasteiger partial charge on any atom is 0.138 e. The van der Waals surface area contributed by atoms with Crippen LogP contribution in [0.15, 0.2) is 48.5 Å². The summed E-state index contributed by atoms with van der Waals surface area (Å²) in [4.78, 5) is 7.97. The van der Waals surface area contributed by atoms with E-state index in [4.69, 9.17) is 4.74 Å². The molecule has 1 fully saturated rings. The fraction of sp³-hybridized carbons (Fsp3) is 0.278. The molecular formula is C18H18N2O. The Hall–Kier alpha value is -2.13. The second-order valence-corrected chi connectivity index (χ2v) is 5.76. The van der Waals surface area contributed by atoms with Crippen LogP contribution in [-0.2, 0) is 11.3 Å². The molecule has 0 amide bonds. The predicted octanol–water partition coefficient (Wildman–Crippen LogP) is 4.16. The van der Waals surface area contributed by atoms with E-state index in [0.29, 0.717) is 6.61 Å². The molecule has 0 unspecified atom stereocenters. The molecular weight excluding hydrogens is 260 g/mol. The van der Waals surface area contributed by atoms with Gasteiger partial charge in [-0.25, -0.2) is 4.98 Å². The lowest BCUT2D eigenvalue weighted by Crippen LogP contribution is -1.96. The average Bonchev–Trinajstić information content (AvgIpc) is 3.24. The third-order valence-electron chi connectivity index (χ3n) is 3.94. The lowest BCUT2D eigenvalue weighted by Gasteiger charge is -2.04. The van der Waals surface area contributed by atoms with Crippen LogP contribution in [0.1, 0.15) is 18.4 Å². The summed E-state index contributed by atoms with van der Waals surface area (Å²) in [5.41, 5.74) is 4.40. The van der Waals surface area contributed by atoms with E-state index < -0.39 is 0 Å². The van der Waals surface area contributed by atoms with Crippen LogP contribution in [0.5, 0.6) is 0 Å². The van der Waals surface area contributed by atoms with Gasteiger partial charge in [-0.3, -0.25) is 0 Å². The molecule has 1 aliphatic rings. The van der Waals surface area contributed by atoms with Gasteiger partial charge in [0.05, 0.1) is 17.6 Å². The van der Waals surface area contributed by atoms with Crippen molar-refractivity contribution in [2.75, 3.05) is 6.61 Å². The number of nitrogens with zero attached hydrogens (tertiary/aromatic N) is 1. The van der Waals surface area contributed by atoms with Gasteiger partial charge in [-0.2, -0.15) is 0 Å². The Morgan fingerprint density at radius 2 is 1.86 bits per heavy atom. The standard InChI is InChI=1S/C18H18N2O/c1-2-4-17-16(3-1)19-18(20-17)15-9-7-14(8-10-15)12-21-11-13-5-6-13/h1-4,7-10,13H,5-6,11-12H2,(H,19,20). The summed E-state index contributed by atoms with van der Waals surface area (Å²) in [6.45, 7) is 1.61. The van der Waals surface area contributed by atoms with Crippen LogP contribution in [0.25, 0.3) is 22.4 Å². The number of imidazole rings is 1. The minimum Gasteiger partial charge on any atom is -0.376 e. The van der Waals surface area contributed by atoms with E-state index in [2.05, 4.69) is 34.2 Å². The summed E-state index contributed by atoms with van der Waals surface area (Å²) < 4.78 is 5.71. The lowest BCUT2D eigenvalue weighted by molar-refractivity contribution is 0.111. The smallest absolute Gasteiger partial charge is 0.138 e. The van der Waals surface area contributed by atoms with E-state index >= 15 is 0 Å². The lowest BCUT2D eigenvalue weighted by atomic mass is 10.1. The number of fused-ring (bicyclic) bond motifs is 1. The van der Waals surface area contributed by atoms with E-state index in [9.17, 15) is 0 Å². The molecule has 21 heavy (non-hydrogen) atoms. The molecule has 106 valence electrons. The first-order chi connectivity index (χ1) is 10.4. The van der Waals surface area contributed by atoms with Crippen LogP contribution < -0.4 is 0 Å². The maximum absolute atomic E-state index is 5.71. The van der Waals surface area contributed by atoms with Crippen molar-refractivity contribution in [2.24, 2.45) is 5.92 Å². The van der Waals surface area contributed by atoms with Gasteiger partial charge >= 0.3 is 0 Å². The third kappa shape index (κ3) is 2.83. The Morgan fingerprint density at radius 3 is 2.62 bits per heavy atom. The summed E-state index contributed by atoms with van der Waals surface area (Å²) >= 11 is 0. The molecule has 2 aromatic carbocycles. The first-order valence-corrected chi connectivity index (χ1v) is 7.50. The molecule has 1 heterocycles. The Morgan fingerprint density at radius 1 is 1.05 bits per heavy atom. The van der Waals surface area contributed by atoms with Crippen molar-refractivity contribution in [2.45, 2.75) is 19.4 Å². The van der Waals surface area contributed by atoms with E-state index in [1.807, 2.05) is 24.3 Å². The van der Waals surface area contributed by atoms with Crippen LogP contribution in [0.3, 0.4) is 0 Å². The van der Waals surface area contributed by atoms with Crippen LogP contribution in [0.2, 0.25) is 0 Å². The number of benzene rings is 2. The summed E-state index contributed by atoms with van der Waals surface area (Å²) in [7, 11) is 0. The van der Waals surface area contributed by atoms with Gasteiger partial charge in [0.25, 0.3) is 0 Å². The minimum absolute atomic E-state index is 0.705. The fourth-order valence-corrected chi connectivity index (χ4v) is 2.48. The third-order valence-corrected chi connectivity index (χ3v) is 3.94. The van der Waals surface area contributed by atoms with Gasteiger partial charge in [0, 0.05) is 12.2 Å². The van der Waals surface area contributed by atoms with E-state index in [1.165, 1.54) is 18.4 Å². The van der Waals surface area contributed by atoms with Crippen molar-refractivity contribution >= 4 is 11.0 Å². The molecule has 0 radical (unpaired) electrons. The minimum atomic E-state index is 0.705. The zero-order valence-electron chi connectivity index (χ0n) is 11.9. The van der Waals surface area contributed by atoms with Crippen molar-refractivity contribution in [1.29, 1.82) is 0 Å². The first-order valence-electron chi connectivity index (χ1n) is 7.50. The van der Waals surface area contributed by atoms with Crippen molar-refractivity contribution in [3.8, 4) is 11.4 Å². The first kappa shape index (κ1) is 12.6. The molecule has 0 atom stereocenters. The van der Waals surface area contributed by atoms with Crippen LogP contribution in [0, 0.1) is 5.92 Å². The number of H-pyrrole nitrogens is 1. The van der Waals surface area contributed by atoms with Gasteiger partial charge in [-0.1, -0.05) is 36.4 Å². The van der Waals surface area contributed by atoms with Crippen molar-refractivity contribution in [3.63, 3.8) is 0 Å². The van der Waals surface area contributed by atoms with Crippen molar-refractivity contribution in [3.05, 3.63) is 54.1 Å². The molecule has 1 N–H and O–H groups in total.